The molecule has 0 fully saturated rings. The third-order valence-electron chi connectivity index (χ3n) is 3.58. The molecule has 1 aliphatic heterocycles. The van der Waals surface area contributed by atoms with E-state index >= 15 is 0 Å². The van der Waals surface area contributed by atoms with Crippen LogP contribution in [0.5, 0.6) is 5.75 Å². The van der Waals surface area contributed by atoms with Crippen LogP contribution in [-0.2, 0) is 6.42 Å². The van der Waals surface area contributed by atoms with Crippen LogP contribution in [0.2, 0.25) is 0 Å². The van der Waals surface area contributed by atoms with E-state index < -0.39 is 0 Å². The van der Waals surface area contributed by atoms with E-state index in [0.29, 0.717) is 19.7 Å². The molecule has 1 atom stereocenters. The lowest BCUT2D eigenvalue weighted by molar-refractivity contribution is 0.0929. The summed E-state index contributed by atoms with van der Waals surface area (Å²) < 4.78 is 5.44. The summed E-state index contributed by atoms with van der Waals surface area (Å²) in [5.74, 6) is 0.940. The highest BCUT2D eigenvalue weighted by Crippen LogP contribution is 2.26. The fourth-order valence-electron chi connectivity index (χ4n) is 2.39. The number of hydrogen-bond donors (Lipinski definition) is 0. The number of carbonyl (C=O) groups excluding carboxylic acids is 1. The van der Waals surface area contributed by atoms with Crippen molar-refractivity contribution in [1.29, 1.82) is 5.26 Å². The van der Waals surface area contributed by atoms with Crippen LogP contribution in [0.25, 0.3) is 0 Å². The second-order valence-electron chi connectivity index (χ2n) is 5.20. The van der Waals surface area contributed by atoms with Crippen molar-refractivity contribution in [3.8, 4) is 11.8 Å². The fraction of sp³-hybridized carbons (Fsp3) is 0.500. The maximum absolute atomic E-state index is 12.3. The van der Waals surface area contributed by atoms with Crippen LogP contribution in [0.3, 0.4) is 0 Å². The third-order valence-corrected chi connectivity index (χ3v) is 3.58. The van der Waals surface area contributed by atoms with Gasteiger partial charge < -0.3 is 4.74 Å². The topological polar surface area (TPSA) is 53.3 Å². The van der Waals surface area contributed by atoms with Gasteiger partial charge in [0.2, 0.25) is 0 Å². The van der Waals surface area contributed by atoms with E-state index in [0.717, 1.165) is 29.8 Å². The van der Waals surface area contributed by atoms with Gasteiger partial charge in [0.05, 0.1) is 25.1 Å². The maximum Gasteiger partial charge on any atom is 0.176 e. The number of ketones is 1. The Balaban J connectivity index is 2.02. The van der Waals surface area contributed by atoms with Gasteiger partial charge in [-0.3, -0.25) is 9.69 Å². The van der Waals surface area contributed by atoms with Crippen molar-refractivity contribution in [2.45, 2.75) is 20.3 Å². The average molecular weight is 272 g/mol. The zero-order valence-electron chi connectivity index (χ0n) is 12.1. The summed E-state index contributed by atoms with van der Waals surface area (Å²) in [6.07, 6.45) is 0.874. The summed E-state index contributed by atoms with van der Waals surface area (Å²) >= 11 is 0. The van der Waals surface area contributed by atoms with Gasteiger partial charge in [-0.25, -0.2) is 0 Å². The number of benzene rings is 1. The summed E-state index contributed by atoms with van der Waals surface area (Å²) in [5.41, 5.74) is 1.85. The average Bonchev–Trinajstić information content (AvgIpc) is 2.93. The monoisotopic (exact) mass is 272 g/mol. The summed E-state index contributed by atoms with van der Waals surface area (Å²) in [6.45, 7) is 6.35. The van der Waals surface area contributed by atoms with Gasteiger partial charge in [0.15, 0.2) is 5.78 Å². The molecular formula is C16H20N2O2. The van der Waals surface area contributed by atoms with Crippen molar-refractivity contribution >= 4 is 5.78 Å². The molecule has 0 radical (unpaired) electrons. The van der Waals surface area contributed by atoms with E-state index in [4.69, 9.17) is 10.00 Å². The van der Waals surface area contributed by atoms with Crippen LogP contribution < -0.4 is 4.74 Å². The molecule has 0 saturated heterocycles. The summed E-state index contributed by atoms with van der Waals surface area (Å²) in [7, 11) is 0. The van der Waals surface area contributed by atoms with Crippen LogP contribution in [0.4, 0.5) is 0 Å². The Bertz CT molecular complexity index is 534. The normalized spacial score (nSPS) is 14.5. The molecule has 2 rings (SSSR count). The van der Waals surface area contributed by atoms with E-state index in [1.165, 1.54) is 0 Å². The Morgan fingerprint density at radius 1 is 1.55 bits per heavy atom. The molecule has 20 heavy (non-hydrogen) atoms. The summed E-state index contributed by atoms with van der Waals surface area (Å²) in [5, 5.41) is 8.86. The van der Waals surface area contributed by atoms with Crippen molar-refractivity contribution in [3.05, 3.63) is 29.3 Å². The minimum atomic E-state index is -0.0591. The number of likely N-dealkylation sites (N-methyl/N-ethyl adjacent to an activating group) is 1. The second-order valence-corrected chi connectivity index (χ2v) is 5.20. The van der Waals surface area contributed by atoms with E-state index in [2.05, 4.69) is 6.07 Å². The predicted molar refractivity (Wildman–Crippen MR) is 76.9 cm³/mol. The second kappa shape index (κ2) is 6.53. The number of nitriles is 1. The first-order valence-corrected chi connectivity index (χ1v) is 7.05. The minimum absolute atomic E-state index is 0.0591. The molecule has 1 heterocycles. The molecule has 0 spiro atoms. The van der Waals surface area contributed by atoms with Crippen LogP contribution in [-0.4, -0.2) is 36.9 Å². The first kappa shape index (κ1) is 14.5. The molecule has 1 aromatic rings. The zero-order valence-corrected chi connectivity index (χ0v) is 12.1. The summed E-state index contributed by atoms with van der Waals surface area (Å²) in [6, 6.07) is 7.85. The molecule has 0 N–H and O–H groups in total. The van der Waals surface area contributed by atoms with Gasteiger partial charge in [-0.1, -0.05) is 6.92 Å². The van der Waals surface area contributed by atoms with Crippen LogP contribution in [0.1, 0.15) is 29.8 Å². The number of rotatable bonds is 6. The molecule has 4 nitrogen and oxygen atoms in total. The molecule has 106 valence electrons. The highest BCUT2D eigenvalue weighted by atomic mass is 16.5. The molecule has 0 aromatic heterocycles. The first-order valence-electron chi connectivity index (χ1n) is 7.05. The van der Waals surface area contributed by atoms with Gasteiger partial charge >= 0.3 is 0 Å². The SMILES string of the molecule is CCN(CC(=O)c1ccc2c(c1)CCO2)CC(C)C#N. The molecule has 0 saturated carbocycles. The van der Waals surface area contributed by atoms with E-state index in [-0.39, 0.29) is 11.7 Å². The zero-order chi connectivity index (χ0) is 14.5. The number of carbonyl (C=O) groups is 1. The highest BCUT2D eigenvalue weighted by Gasteiger charge is 2.17. The van der Waals surface area contributed by atoms with Gasteiger partial charge in [-0.2, -0.15) is 5.26 Å². The van der Waals surface area contributed by atoms with Crippen LogP contribution in [0, 0.1) is 17.2 Å². The Labute approximate surface area is 120 Å². The van der Waals surface area contributed by atoms with Crippen molar-refractivity contribution < 1.29 is 9.53 Å². The lowest BCUT2D eigenvalue weighted by Gasteiger charge is -2.20. The Hall–Kier alpha value is -1.86. The largest absolute Gasteiger partial charge is 0.493 e. The number of nitrogens with zero attached hydrogens (tertiary/aromatic N) is 2. The van der Waals surface area contributed by atoms with Gasteiger partial charge in [0.1, 0.15) is 5.75 Å². The number of fused-ring (bicyclic) bond motifs is 1. The van der Waals surface area contributed by atoms with E-state index in [9.17, 15) is 4.79 Å². The van der Waals surface area contributed by atoms with Crippen molar-refractivity contribution in [1.82, 2.24) is 4.90 Å². The Kier molecular flexibility index (Phi) is 4.75. The van der Waals surface area contributed by atoms with Gasteiger partial charge in [-0.05, 0) is 37.2 Å². The van der Waals surface area contributed by atoms with Gasteiger partial charge in [0.25, 0.3) is 0 Å². The first-order chi connectivity index (χ1) is 9.63. The fourth-order valence-corrected chi connectivity index (χ4v) is 2.39. The molecule has 0 amide bonds. The van der Waals surface area contributed by atoms with Crippen molar-refractivity contribution in [2.75, 3.05) is 26.2 Å². The quantitative estimate of drug-likeness (QED) is 0.746. The Morgan fingerprint density at radius 2 is 2.35 bits per heavy atom. The van der Waals surface area contributed by atoms with Crippen LogP contribution >= 0.6 is 0 Å². The number of hydrogen-bond acceptors (Lipinski definition) is 4. The number of ether oxygens (including phenoxy) is 1. The molecule has 0 aliphatic carbocycles. The van der Waals surface area contributed by atoms with E-state index in [1.807, 2.05) is 36.9 Å². The standard InChI is InChI=1S/C16H20N2O2/c1-3-18(10-12(2)9-17)11-15(19)13-4-5-16-14(8-13)6-7-20-16/h4-5,8,12H,3,6-7,10-11H2,1-2H3. The third kappa shape index (κ3) is 3.37. The van der Waals surface area contributed by atoms with E-state index in [1.54, 1.807) is 0 Å². The predicted octanol–water partition coefficient (Wildman–Crippen LogP) is 2.29. The van der Waals surface area contributed by atoms with Crippen molar-refractivity contribution in [3.63, 3.8) is 0 Å². The smallest absolute Gasteiger partial charge is 0.176 e. The van der Waals surface area contributed by atoms with Crippen molar-refractivity contribution in [2.24, 2.45) is 5.92 Å². The molecule has 1 aromatic carbocycles. The van der Waals surface area contributed by atoms with Gasteiger partial charge in [0, 0.05) is 18.5 Å². The molecule has 0 bridgehead atoms. The molecular weight excluding hydrogens is 252 g/mol. The lowest BCUT2D eigenvalue weighted by atomic mass is 10.0. The van der Waals surface area contributed by atoms with Crippen LogP contribution in [0.15, 0.2) is 18.2 Å². The molecule has 4 heteroatoms. The van der Waals surface area contributed by atoms with Gasteiger partial charge in [-0.15, -0.1) is 0 Å². The number of Topliss-reactive ketones (excluding diaryl/α,β-unsaturated/α-hetero) is 1. The molecule has 1 unspecified atom stereocenters. The minimum Gasteiger partial charge on any atom is -0.493 e. The maximum atomic E-state index is 12.3. The highest BCUT2D eigenvalue weighted by molar-refractivity contribution is 5.98. The molecule has 1 aliphatic rings. The summed E-state index contributed by atoms with van der Waals surface area (Å²) in [4.78, 5) is 14.3. The Morgan fingerprint density at radius 3 is 3.05 bits per heavy atom. The lowest BCUT2D eigenvalue weighted by Crippen LogP contribution is -2.33.